The number of carboxylic acids is 1. The number of hydrogen-bond acceptors (Lipinski definition) is 7. The van der Waals surface area contributed by atoms with Gasteiger partial charge in [-0.2, -0.15) is 4.52 Å². The van der Waals surface area contributed by atoms with Gasteiger partial charge in [0, 0.05) is 11.3 Å². The van der Waals surface area contributed by atoms with Crippen molar-refractivity contribution in [3.63, 3.8) is 0 Å². The lowest BCUT2D eigenvalue weighted by Crippen LogP contribution is -2.13. The van der Waals surface area contributed by atoms with Crippen LogP contribution >= 0.6 is 0 Å². The number of rotatable bonds is 7. The second-order valence-corrected chi connectivity index (χ2v) is 6.54. The largest absolute Gasteiger partial charge is 0.508 e. The number of phenols is 1. The molecule has 0 amide bonds. The van der Waals surface area contributed by atoms with Crippen molar-refractivity contribution >= 4 is 35.4 Å². The lowest BCUT2D eigenvalue weighted by atomic mass is 10.2. The maximum Gasteiger partial charge on any atom is 0.340 e. The number of benzene rings is 2. The van der Waals surface area contributed by atoms with Gasteiger partial charge in [-0.25, -0.2) is 9.78 Å². The molecule has 2 aromatic carbocycles. The molecule has 4 rings (SSSR count). The van der Waals surface area contributed by atoms with E-state index in [2.05, 4.69) is 27.3 Å². The highest BCUT2D eigenvalue weighted by molar-refractivity contribution is 5.97. The molecule has 0 unspecified atom stereocenters. The third kappa shape index (κ3) is 3.55. The van der Waals surface area contributed by atoms with Crippen LogP contribution < -0.4 is 20.6 Å². The molecule has 0 aliphatic rings. The second-order valence-electron chi connectivity index (χ2n) is 6.54. The average molecular weight is 405 g/mol. The van der Waals surface area contributed by atoms with Crippen molar-refractivity contribution in [2.24, 2.45) is 0 Å². The number of para-hydroxylation sites is 1. The zero-order valence-electron chi connectivity index (χ0n) is 16.1. The third-order valence-electron chi connectivity index (χ3n) is 4.45. The number of carboxylic acid groups (broad SMARTS) is 1. The number of nitrogens with one attached hydrogen (secondary N) is 2. The number of ether oxygens (including phenoxy) is 1. The van der Waals surface area contributed by atoms with E-state index in [0.29, 0.717) is 28.6 Å². The number of aromatic carboxylic acids is 1. The molecular weight excluding hydrogens is 386 g/mol. The summed E-state index contributed by atoms with van der Waals surface area (Å²) in [7, 11) is 0. The second kappa shape index (κ2) is 7.63. The van der Waals surface area contributed by atoms with Crippen LogP contribution in [-0.2, 0) is 0 Å². The van der Waals surface area contributed by atoms with Gasteiger partial charge in [0.1, 0.15) is 28.7 Å². The molecule has 2 heterocycles. The number of carbonyl (C=O) groups is 1. The van der Waals surface area contributed by atoms with E-state index >= 15 is 0 Å². The Labute approximate surface area is 171 Å². The number of aromatic hydroxyl groups is 1. The molecule has 0 aliphatic heterocycles. The highest BCUT2D eigenvalue weighted by atomic mass is 16.5. The van der Waals surface area contributed by atoms with Crippen molar-refractivity contribution in [3.05, 3.63) is 65.1 Å². The minimum absolute atomic E-state index is 0.0236. The van der Waals surface area contributed by atoms with Crippen molar-refractivity contribution in [3.8, 4) is 11.5 Å². The Balaban J connectivity index is 1.66. The quantitative estimate of drug-likeness (QED) is 0.274. The molecule has 9 heteroatoms. The van der Waals surface area contributed by atoms with E-state index in [9.17, 15) is 15.0 Å². The molecule has 0 saturated carbocycles. The lowest BCUT2D eigenvalue weighted by Gasteiger charge is -2.15. The summed E-state index contributed by atoms with van der Waals surface area (Å²) in [6, 6.07) is 13.9. The normalized spacial score (nSPS) is 10.8. The Kier molecular flexibility index (Phi) is 4.85. The van der Waals surface area contributed by atoms with Crippen molar-refractivity contribution in [2.75, 3.05) is 17.4 Å². The molecule has 0 bridgehead atoms. The van der Waals surface area contributed by atoms with Crippen LogP contribution in [0.4, 0.5) is 17.2 Å². The first-order valence-corrected chi connectivity index (χ1v) is 9.07. The van der Waals surface area contributed by atoms with Crippen LogP contribution in [0, 0.1) is 6.92 Å². The van der Waals surface area contributed by atoms with Gasteiger partial charge in [-0.1, -0.05) is 24.8 Å². The number of nitrogens with zero attached hydrogens (tertiary/aromatic N) is 3. The predicted molar refractivity (Wildman–Crippen MR) is 112 cm³/mol. The molecule has 0 fully saturated rings. The van der Waals surface area contributed by atoms with Crippen LogP contribution in [0.5, 0.6) is 11.5 Å². The van der Waals surface area contributed by atoms with Gasteiger partial charge >= 0.3 is 5.97 Å². The van der Waals surface area contributed by atoms with Gasteiger partial charge in [-0.05, 0) is 31.2 Å². The molecule has 30 heavy (non-hydrogen) atoms. The predicted octanol–water partition coefficient (Wildman–Crippen LogP) is 2.76. The summed E-state index contributed by atoms with van der Waals surface area (Å²) in [6.45, 7) is 5.69. The maximum absolute atomic E-state index is 11.8. The van der Waals surface area contributed by atoms with Gasteiger partial charge in [-0.15, -0.1) is 5.10 Å². The van der Waals surface area contributed by atoms with Crippen LogP contribution in [-0.4, -0.2) is 37.5 Å². The molecule has 4 N–H and O–H groups in total. The van der Waals surface area contributed by atoms with E-state index < -0.39 is 5.97 Å². The van der Waals surface area contributed by atoms with Crippen LogP contribution in [0.15, 0.2) is 48.5 Å². The molecule has 9 nitrogen and oxygen atoms in total. The fourth-order valence-corrected chi connectivity index (χ4v) is 3.10. The summed E-state index contributed by atoms with van der Waals surface area (Å²) in [5.41, 5.74) is 1.38. The van der Waals surface area contributed by atoms with E-state index in [1.807, 2.05) is 30.3 Å². The van der Waals surface area contributed by atoms with Gasteiger partial charge in [-0.3, -0.25) is 0 Å². The van der Waals surface area contributed by atoms with Crippen LogP contribution in [0.3, 0.4) is 0 Å². The number of fused-ring (bicyclic) bond motifs is 1. The molecule has 0 aliphatic carbocycles. The molecule has 0 atom stereocenters. The lowest BCUT2D eigenvalue weighted by molar-refractivity contribution is 0.0697. The smallest absolute Gasteiger partial charge is 0.340 e. The van der Waals surface area contributed by atoms with Gasteiger partial charge in [0.25, 0.3) is 0 Å². The Morgan fingerprint density at radius 2 is 1.97 bits per heavy atom. The Morgan fingerprint density at radius 1 is 1.20 bits per heavy atom. The summed E-state index contributed by atoms with van der Waals surface area (Å²) in [5.74, 6) is 0.304. The first-order chi connectivity index (χ1) is 14.4. The van der Waals surface area contributed by atoms with Crippen LogP contribution in [0.25, 0.3) is 12.2 Å². The minimum atomic E-state index is -1.15. The van der Waals surface area contributed by atoms with E-state index in [1.165, 1.54) is 16.6 Å². The summed E-state index contributed by atoms with van der Waals surface area (Å²) < 4.78 is 7.06. The molecule has 2 aromatic heterocycles. The first-order valence-electron chi connectivity index (χ1n) is 9.07. The van der Waals surface area contributed by atoms with Crippen molar-refractivity contribution in [1.82, 2.24) is 14.6 Å². The fourth-order valence-electron chi connectivity index (χ4n) is 3.10. The molecule has 152 valence electrons. The van der Waals surface area contributed by atoms with Crippen molar-refractivity contribution in [1.29, 1.82) is 0 Å². The Bertz CT molecular complexity index is 1270. The average Bonchev–Trinajstić information content (AvgIpc) is 3.21. The van der Waals surface area contributed by atoms with E-state index in [-0.39, 0.29) is 29.1 Å². The summed E-state index contributed by atoms with van der Waals surface area (Å²) in [4.78, 5) is 16.1. The maximum atomic E-state index is 11.8. The fraction of sp³-hybridized carbons (Fsp3) is 0.0952. The standard InChI is InChI=1S/C21H19N5O4/c1-12-18(21(28)29)20(26-19(12)23-13(2)25-26)24-16-9-8-14(27)10-17(16)22-11-30-15-6-4-3-5-7-15/h3-10,22,24,27H,1,11H2,2H3,(H,28,29). The molecular formula is C21H19N5O4. The summed E-state index contributed by atoms with van der Waals surface area (Å²) in [6.07, 6.45) is 0. The summed E-state index contributed by atoms with van der Waals surface area (Å²) in [5, 5.41) is 30.3. The zero-order chi connectivity index (χ0) is 21.3. The molecule has 4 aromatic rings. The Hall–Kier alpha value is -4.27. The van der Waals surface area contributed by atoms with E-state index in [4.69, 9.17) is 4.74 Å². The number of aromatic nitrogens is 3. The monoisotopic (exact) mass is 405 g/mol. The van der Waals surface area contributed by atoms with Gasteiger partial charge in [0.2, 0.25) is 0 Å². The SMILES string of the molecule is C=c1c(C(=O)O)c(Nc2ccc(O)cc2NCOc2ccccc2)n2nc(C)nc12. The van der Waals surface area contributed by atoms with Crippen molar-refractivity contribution in [2.45, 2.75) is 6.92 Å². The van der Waals surface area contributed by atoms with E-state index in [0.717, 1.165) is 0 Å². The number of anilines is 3. The molecule has 0 radical (unpaired) electrons. The number of hydrogen-bond donors (Lipinski definition) is 4. The highest BCUT2D eigenvalue weighted by Crippen LogP contribution is 2.30. The molecule has 0 spiro atoms. The van der Waals surface area contributed by atoms with Gasteiger partial charge < -0.3 is 25.6 Å². The number of aryl methyl sites for hydroxylation is 1. The van der Waals surface area contributed by atoms with Gasteiger partial charge in [0.05, 0.1) is 11.4 Å². The highest BCUT2D eigenvalue weighted by Gasteiger charge is 2.22. The first kappa shape index (κ1) is 19.1. The van der Waals surface area contributed by atoms with Gasteiger partial charge in [0.15, 0.2) is 12.4 Å². The Morgan fingerprint density at radius 3 is 2.70 bits per heavy atom. The zero-order valence-corrected chi connectivity index (χ0v) is 16.1. The summed E-state index contributed by atoms with van der Waals surface area (Å²) >= 11 is 0. The van der Waals surface area contributed by atoms with E-state index in [1.54, 1.807) is 13.0 Å². The van der Waals surface area contributed by atoms with Crippen LogP contribution in [0.2, 0.25) is 0 Å². The third-order valence-corrected chi connectivity index (χ3v) is 4.45. The molecule has 0 saturated heterocycles. The number of phenolic OH excluding ortho intramolecular Hbond substituents is 1. The van der Waals surface area contributed by atoms with Crippen LogP contribution in [0.1, 0.15) is 16.2 Å². The topological polar surface area (TPSA) is 121 Å². The minimum Gasteiger partial charge on any atom is -0.508 e. The van der Waals surface area contributed by atoms with Crippen molar-refractivity contribution < 1.29 is 19.7 Å².